The van der Waals surface area contributed by atoms with Crippen molar-refractivity contribution in [2.75, 3.05) is 13.7 Å². The fraction of sp³-hybridized carbons (Fsp3) is 0.455. The number of hydrogen-bond donors (Lipinski definition) is 1. The van der Waals surface area contributed by atoms with E-state index in [1.807, 2.05) is 13.8 Å². The highest BCUT2D eigenvalue weighted by molar-refractivity contribution is 14.1. The van der Waals surface area contributed by atoms with Gasteiger partial charge in [0.1, 0.15) is 5.75 Å². The molecule has 0 saturated heterocycles. The number of ether oxygens (including phenoxy) is 3. The highest BCUT2D eigenvalue weighted by atomic mass is 127. The van der Waals surface area contributed by atoms with Gasteiger partial charge in [0, 0.05) is 18.7 Å². The molecule has 0 radical (unpaired) electrons. The van der Waals surface area contributed by atoms with Gasteiger partial charge in [-0.1, -0.05) is 0 Å². The molecule has 0 aliphatic carbocycles. The Kier molecular flexibility index (Phi) is 5.14. The van der Waals surface area contributed by atoms with Crippen LogP contribution in [0.3, 0.4) is 0 Å². The van der Waals surface area contributed by atoms with Gasteiger partial charge in [-0.2, -0.15) is 0 Å². The molecule has 0 aliphatic rings. The van der Waals surface area contributed by atoms with Crippen molar-refractivity contribution in [3.05, 3.63) is 15.7 Å². The molecule has 1 aromatic rings. The molecule has 1 aromatic carbocycles. The van der Waals surface area contributed by atoms with Gasteiger partial charge in [-0.3, -0.25) is 0 Å². The van der Waals surface area contributed by atoms with E-state index in [1.54, 1.807) is 12.1 Å². The number of hydrogen-bond acceptors (Lipinski definition) is 4. The highest BCUT2D eigenvalue weighted by Gasteiger charge is 2.11. The van der Waals surface area contributed by atoms with Crippen LogP contribution in [0, 0.1) is 3.57 Å². The minimum Gasteiger partial charge on any atom is -0.504 e. The Morgan fingerprint density at radius 1 is 1.38 bits per heavy atom. The van der Waals surface area contributed by atoms with Gasteiger partial charge in [0.15, 0.2) is 17.8 Å². The van der Waals surface area contributed by atoms with Crippen LogP contribution < -0.4 is 9.47 Å². The van der Waals surface area contributed by atoms with Gasteiger partial charge in [0.2, 0.25) is 0 Å². The smallest absolute Gasteiger partial charge is 0.197 e. The summed E-state index contributed by atoms with van der Waals surface area (Å²) in [5, 5.41) is 9.54. The van der Waals surface area contributed by atoms with E-state index >= 15 is 0 Å². The maximum absolute atomic E-state index is 9.54. The van der Waals surface area contributed by atoms with E-state index in [0.717, 1.165) is 3.57 Å². The van der Waals surface area contributed by atoms with E-state index in [4.69, 9.17) is 14.2 Å². The van der Waals surface area contributed by atoms with Crippen LogP contribution in [0.25, 0.3) is 0 Å². The predicted octanol–water partition coefficient (Wildman–Crippen LogP) is 2.77. The minimum atomic E-state index is -0.326. The molecular weight excluding hydrogens is 323 g/mol. The summed E-state index contributed by atoms with van der Waals surface area (Å²) < 4.78 is 16.7. The topological polar surface area (TPSA) is 47.9 Å². The van der Waals surface area contributed by atoms with E-state index in [9.17, 15) is 5.11 Å². The summed E-state index contributed by atoms with van der Waals surface area (Å²) in [6, 6.07) is 3.24. The largest absolute Gasteiger partial charge is 0.504 e. The summed E-state index contributed by atoms with van der Waals surface area (Å²) in [5.74, 6) is 1.12. The molecule has 90 valence electrons. The molecule has 1 rings (SSSR count). The van der Waals surface area contributed by atoms with E-state index in [0.29, 0.717) is 18.1 Å². The summed E-state index contributed by atoms with van der Waals surface area (Å²) in [5.41, 5.74) is 0. The van der Waals surface area contributed by atoms with Gasteiger partial charge in [-0.15, -0.1) is 0 Å². The summed E-state index contributed by atoms with van der Waals surface area (Å²) in [7, 11) is 1.50. The molecule has 4 nitrogen and oxygen atoms in total. The van der Waals surface area contributed by atoms with Crippen molar-refractivity contribution < 1.29 is 19.3 Å². The summed E-state index contributed by atoms with van der Waals surface area (Å²) in [6.45, 7) is 4.31. The monoisotopic (exact) mass is 338 g/mol. The Bertz CT molecular complexity index is 354. The third-order valence-electron chi connectivity index (χ3n) is 1.93. The van der Waals surface area contributed by atoms with Gasteiger partial charge in [0.05, 0.1) is 10.7 Å². The average molecular weight is 338 g/mol. The first-order valence-corrected chi connectivity index (χ1v) is 6.01. The number of phenolic OH excluding ortho intramolecular Hbond substituents is 1. The van der Waals surface area contributed by atoms with Crippen LogP contribution in [0.5, 0.6) is 17.2 Å². The normalized spacial score (nSPS) is 12.2. The zero-order valence-corrected chi connectivity index (χ0v) is 11.6. The van der Waals surface area contributed by atoms with Crippen LogP contribution >= 0.6 is 22.6 Å². The van der Waals surface area contributed by atoms with Crippen LogP contribution in [0.4, 0.5) is 0 Å². The van der Waals surface area contributed by atoms with Crippen LogP contribution in [0.15, 0.2) is 12.1 Å². The first kappa shape index (κ1) is 13.4. The lowest BCUT2D eigenvalue weighted by molar-refractivity contribution is -0.0618. The fourth-order valence-corrected chi connectivity index (χ4v) is 1.80. The molecule has 0 spiro atoms. The van der Waals surface area contributed by atoms with E-state index < -0.39 is 0 Å². The van der Waals surface area contributed by atoms with Crippen molar-refractivity contribution in [3.8, 4) is 17.2 Å². The van der Waals surface area contributed by atoms with Crippen molar-refractivity contribution in [1.29, 1.82) is 0 Å². The third kappa shape index (κ3) is 3.41. The van der Waals surface area contributed by atoms with Crippen molar-refractivity contribution in [1.82, 2.24) is 0 Å². The van der Waals surface area contributed by atoms with Crippen molar-refractivity contribution >= 4 is 22.6 Å². The van der Waals surface area contributed by atoms with Gasteiger partial charge in [0.25, 0.3) is 0 Å². The molecule has 1 unspecified atom stereocenters. The maximum Gasteiger partial charge on any atom is 0.197 e. The van der Waals surface area contributed by atoms with Crippen LogP contribution in [-0.2, 0) is 4.74 Å². The molecule has 0 aromatic heterocycles. The van der Waals surface area contributed by atoms with Crippen LogP contribution in [0.2, 0.25) is 0 Å². The van der Waals surface area contributed by atoms with E-state index in [1.165, 1.54) is 7.11 Å². The standard InChI is InChI=1S/C11H15IO4/c1-4-15-7(2)16-10-6-11(14-3)9(13)5-8(10)12/h5-7,13H,4H2,1-3H3. The highest BCUT2D eigenvalue weighted by Crippen LogP contribution is 2.34. The third-order valence-corrected chi connectivity index (χ3v) is 2.77. The Balaban J connectivity index is 2.87. The lowest BCUT2D eigenvalue weighted by atomic mass is 10.3. The summed E-state index contributed by atoms with van der Waals surface area (Å²) >= 11 is 2.08. The lowest BCUT2D eigenvalue weighted by Gasteiger charge is -2.16. The molecule has 1 atom stereocenters. The second-order valence-corrected chi connectivity index (χ2v) is 4.26. The van der Waals surface area contributed by atoms with Gasteiger partial charge < -0.3 is 19.3 Å². The Morgan fingerprint density at radius 3 is 2.62 bits per heavy atom. The SMILES string of the molecule is CCOC(C)Oc1cc(OC)c(O)cc1I. The fourth-order valence-electron chi connectivity index (χ4n) is 1.23. The quantitative estimate of drug-likeness (QED) is 0.663. The molecule has 0 heterocycles. The second kappa shape index (κ2) is 6.15. The molecule has 16 heavy (non-hydrogen) atoms. The predicted molar refractivity (Wildman–Crippen MR) is 69.1 cm³/mol. The second-order valence-electron chi connectivity index (χ2n) is 3.10. The zero-order chi connectivity index (χ0) is 12.1. The van der Waals surface area contributed by atoms with Crippen molar-refractivity contribution in [2.24, 2.45) is 0 Å². The van der Waals surface area contributed by atoms with Gasteiger partial charge >= 0.3 is 0 Å². The number of benzene rings is 1. The molecule has 0 fully saturated rings. The van der Waals surface area contributed by atoms with Gasteiger partial charge in [-0.25, -0.2) is 0 Å². The number of halogens is 1. The molecule has 0 bridgehead atoms. The van der Waals surface area contributed by atoms with Crippen LogP contribution in [0.1, 0.15) is 13.8 Å². The van der Waals surface area contributed by atoms with Crippen LogP contribution in [-0.4, -0.2) is 25.1 Å². The Hall–Kier alpha value is -0.690. The molecule has 5 heteroatoms. The summed E-state index contributed by atoms with van der Waals surface area (Å²) in [6.07, 6.45) is -0.326. The first-order chi connectivity index (χ1) is 7.58. The number of aromatic hydroxyl groups is 1. The molecule has 0 amide bonds. The number of methoxy groups -OCH3 is 1. The molecule has 1 N–H and O–H groups in total. The van der Waals surface area contributed by atoms with Crippen molar-refractivity contribution in [3.63, 3.8) is 0 Å². The molecule has 0 saturated carbocycles. The molecule has 0 aliphatic heterocycles. The Morgan fingerprint density at radius 2 is 2.06 bits per heavy atom. The lowest BCUT2D eigenvalue weighted by Crippen LogP contribution is -2.16. The first-order valence-electron chi connectivity index (χ1n) is 4.93. The number of rotatable bonds is 5. The maximum atomic E-state index is 9.54. The van der Waals surface area contributed by atoms with E-state index in [-0.39, 0.29) is 12.0 Å². The Labute approximate surface area is 109 Å². The minimum absolute atomic E-state index is 0.100. The number of phenols is 1. The van der Waals surface area contributed by atoms with E-state index in [2.05, 4.69) is 22.6 Å². The zero-order valence-electron chi connectivity index (χ0n) is 9.49. The summed E-state index contributed by atoms with van der Waals surface area (Å²) in [4.78, 5) is 0. The molecular formula is C11H15IO4. The average Bonchev–Trinajstić information content (AvgIpc) is 2.22. The van der Waals surface area contributed by atoms with Crippen molar-refractivity contribution in [2.45, 2.75) is 20.1 Å². The van der Waals surface area contributed by atoms with Gasteiger partial charge in [-0.05, 0) is 36.4 Å².